The largest absolute Gasteiger partial charge is 0.445 e. The van der Waals surface area contributed by atoms with Crippen LogP contribution in [0.5, 0.6) is 0 Å². The molecule has 1 aliphatic rings. The zero-order valence-corrected chi connectivity index (χ0v) is 18.3. The Bertz CT molecular complexity index is 1410. The van der Waals surface area contributed by atoms with E-state index in [2.05, 4.69) is 31.9 Å². The molecule has 1 aliphatic heterocycles. The lowest BCUT2D eigenvalue weighted by molar-refractivity contribution is 0.0300. The van der Waals surface area contributed by atoms with Crippen LogP contribution in [0.15, 0.2) is 47.3 Å². The molecule has 172 valence electrons. The number of aromatic nitrogens is 5. The molecule has 1 unspecified atom stereocenters. The van der Waals surface area contributed by atoms with Crippen molar-refractivity contribution in [2.45, 2.75) is 12.5 Å². The Balaban J connectivity index is 1.60. The van der Waals surface area contributed by atoms with Gasteiger partial charge in [-0.15, -0.1) is 0 Å². The summed E-state index contributed by atoms with van der Waals surface area (Å²) in [6.45, 7) is 3.45. The van der Waals surface area contributed by atoms with E-state index in [0.717, 1.165) is 0 Å². The van der Waals surface area contributed by atoms with Crippen molar-refractivity contribution in [2.75, 3.05) is 32.0 Å². The predicted molar refractivity (Wildman–Crippen MR) is 121 cm³/mol. The molecule has 34 heavy (non-hydrogen) atoms. The van der Waals surface area contributed by atoms with Crippen molar-refractivity contribution in [1.82, 2.24) is 29.6 Å². The minimum atomic E-state index is -1.57. The van der Waals surface area contributed by atoms with E-state index in [1.807, 2.05) is 0 Å². The normalized spacial score (nSPS) is 15.5. The Labute approximate surface area is 194 Å². The average molecular weight is 459 g/mol. The van der Waals surface area contributed by atoms with Crippen molar-refractivity contribution in [1.29, 1.82) is 0 Å². The maximum Gasteiger partial charge on any atom is 0.275 e. The summed E-state index contributed by atoms with van der Waals surface area (Å²) in [5.41, 5.74) is 5.70. The van der Waals surface area contributed by atoms with Crippen LogP contribution in [-0.2, 0) is 10.3 Å². The molecule has 0 bridgehead atoms. The SMILES string of the molecule is CC(O)(C#Cc1ccc2c(C(=O)N3CCOCC3)nn(-c3ccnc(N)n3)c2c1)c1ncco1. The molecule has 0 saturated carbocycles. The highest BCUT2D eigenvalue weighted by molar-refractivity contribution is 6.05. The topological polar surface area (TPSA) is 145 Å². The lowest BCUT2D eigenvalue weighted by Crippen LogP contribution is -2.41. The Kier molecular flexibility index (Phi) is 5.45. The van der Waals surface area contributed by atoms with E-state index in [0.29, 0.717) is 54.3 Å². The van der Waals surface area contributed by atoms with Gasteiger partial charge < -0.3 is 24.9 Å². The average Bonchev–Trinajstić information content (AvgIpc) is 3.52. The zero-order valence-electron chi connectivity index (χ0n) is 18.3. The lowest BCUT2D eigenvalue weighted by atomic mass is 10.1. The standard InChI is InChI=1S/C23H21N7O4/c1-23(32,21-25-8-11-34-21)6-4-15-2-3-16-17(14-15)30(18-5-7-26-22(24)27-18)28-19(16)20(31)29-9-12-33-13-10-29/h2-3,5,7-8,11,14,32H,9-10,12-13H2,1H3,(H2,24,26,27). The Morgan fingerprint density at radius 1 is 1.21 bits per heavy atom. The van der Waals surface area contributed by atoms with Crippen molar-refractivity contribution >= 4 is 22.8 Å². The molecule has 3 aromatic heterocycles. The third-order valence-electron chi connectivity index (χ3n) is 5.36. The van der Waals surface area contributed by atoms with Crippen LogP contribution in [0.4, 0.5) is 5.95 Å². The number of ether oxygens (including phenoxy) is 1. The molecule has 11 nitrogen and oxygen atoms in total. The summed E-state index contributed by atoms with van der Waals surface area (Å²) < 4.78 is 12.1. The van der Waals surface area contributed by atoms with E-state index >= 15 is 0 Å². The summed E-state index contributed by atoms with van der Waals surface area (Å²) in [7, 11) is 0. The Hall–Kier alpha value is -4.27. The molecule has 4 heterocycles. The van der Waals surface area contributed by atoms with Crippen molar-refractivity contribution in [3.63, 3.8) is 0 Å². The van der Waals surface area contributed by atoms with Crippen molar-refractivity contribution in [3.8, 4) is 17.7 Å². The van der Waals surface area contributed by atoms with Gasteiger partial charge in [-0.2, -0.15) is 10.1 Å². The number of hydrogen-bond acceptors (Lipinski definition) is 9. The number of nitrogens with zero attached hydrogens (tertiary/aromatic N) is 6. The van der Waals surface area contributed by atoms with Gasteiger partial charge in [0.1, 0.15) is 6.26 Å². The molecule has 11 heteroatoms. The fraction of sp³-hybridized carbons (Fsp3) is 0.261. The number of fused-ring (bicyclic) bond motifs is 1. The molecular weight excluding hydrogens is 438 g/mol. The molecule has 1 saturated heterocycles. The number of nitrogen functional groups attached to an aromatic ring is 1. The molecule has 0 aliphatic carbocycles. The van der Waals surface area contributed by atoms with E-state index in [1.165, 1.54) is 25.6 Å². The smallest absolute Gasteiger partial charge is 0.275 e. The molecule has 1 atom stereocenters. The van der Waals surface area contributed by atoms with Gasteiger partial charge >= 0.3 is 0 Å². The van der Waals surface area contributed by atoms with E-state index in [4.69, 9.17) is 14.9 Å². The maximum absolute atomic E-state index is 13.3. The number of hydrogen-bond donors (Lipinski definition) is 2. The minimum absolute atomic E-state index is 0.0835. The van der Waals surface area contributed by atoms with E-state index in [1.54, 1.807) is 33.8 Å². The van der Waals surface area contributed by atoms with Gasteiger partial charge in [0.2, 0.25) is 11.8 Å². The van der Waals surface area contributed by atoms with Gasteiger partial charge in [0.25, 0.3) is 5.91 Å². The summed E-state index contributed by atoms with van der Waals surface area (Å²) in [5.74, 6) is 6.12. The highest BCUT2D eigenvalue weighted by Gasteiger charge is 2.26. The van der Waals surface area contributed by atoms with Gasteiger partial charge in [-0.3, -0.25) is 4.79 Å². The first kappa shape index (κ1) is 21.6. The Morgan fingerprint density at radius 2 is 2.03 bits per heavy atom. The molecule has 5 rings (SSSR count). The zero-order chi connectivity index (χ0) is 23.7. The van der Waals surface area contributed by atoms with E-state index < -0.39 is 5.60 Å². The molecule has 3 N–H and O–H groups in total. The van der Waals surface area contributed by atoms with Gasteiger partial charge in [-0.1, -0.05) is 11.8 Å². The second kappa shape index (κ2) is 8.58. The maximum atomic E-state index is 13.3. The highest BCUT2D eigenvalue weighted by atomic mass is 16.5. The van der Waals surface area contributed by atoms with Crippen LogP contribution in [-0.4, -0.2) is 66.9 Å². The van der Waals surface area contributed by atoms with E-state index in [9.17, 15) is 9.90 Å². The second-order valence-corrected chi connectivity index (χ2v) is 7.83. The van der Waals surface area contributed by atoms with Crippen molar-refractivity contribution < 1.29 is 19.1 Å². The molecule has 4 aromatic rings. The number of amides is 1. The monoisotopic (exact) mass is 459 g/mol. The number of morpholine rings is 1. The van der Waals surface area contributed by atoms with E-state index in [-0.39, 0.29) is 17.7 Å². The number of rotatable bonds is 3. The number of benzene rings is 1. The minimum Gasteiger partial charge on any atom is -0.445 e. The summed E-state index contributed by atoms with van der Waals surface area (Å²) in [4.78, 5) is 27.1. The van der Waals surface area contributed by atoms with Crippen LogP contribution in [0.2, 0.25) is 0 Å². The first-order chi connectivity index (χ1) is 16.4. The van der Waals surface area contributed by atoms with Crippen LogP contribution in [0, 0.1) is 11.8 Å². The van der Waals surface area contributed by atoms with Crippen molar-refractivity contribution in [2.24, 2.45) is 0 Å². The fourth-order valence-corrected chi connectivity index (χ4v) is 3.63. The first-order valence-corrected chi connectivity index (χ1v) is 10.6. The van der Waals surface area contributed by atoms with Gasteiger partial charge in [0, 0.05) is 36.3 Å². The third kappa shape index (κ3) is 4.07. The first-order valence-electron chi connectivity index (χ1n) is 10.6. The predicted octanol–water partition coefficient (Wildman–Crippen LogP) is 1.12. The molecular formula is C23H21N7O4. The van der Waals surface area contributed by atoms with Crippen molar-refractivity contribution in [3.05, 3.63) is 60.1 Å². The summed E-state index contributed by atoms with van der Waals surface area (Å²) in [6, 6.07) is 6.96. The lowest BCUT2D eigenvalue weighted by Gasteiger charge is -2.26. The summed E-state index contributed by atoms with van der Waals surface area (Å²) in [5, 5.41) is 15.8. The van der Waals surface area contributed by atoms with Crippen LogP contribution in [0.3, 0.4) is 0 Å². The number of aliphatic hydroxyl groups is 1. The van der Waals surface area contributed by atoms with Gasteiger partial charge in [0.15, 0.2) is 17.1 Å². The highest BCUT2D eigenvalue weighted by Crippen LogP contribution is 2.25. The van der Waals surface area contributed by atoms with Crippen LogP contribution < -0.4 is 5.73 Å². The summed E-state index contributed by atoms with van der Waals surface area (Å²) >= 11 is 0. The summed E-state index contributed by atoms with van der Waals surface area (Å²) in [6.07, 6.45) is 4.33. The van der Waals surface area contributed by atoms with Crippen LogP contribution in [0.25, 0.3) is 16.7 Å². The fourth-order valence-electron chi connectivity index (χ4n) is 3.63. The molecule has 1 fully saturated rings. The quantitative estimate of drug-likeness (QED) is 0.430. The number of carbonyl (C=O) groups excluding carboxylic acids is 1. The van der Waals surface area contributed by atoms with Gasteiger partial charge in [-0.05, 0) is 25.1 Å². The second-order valence-electron chi connectivity index (χ2n) is 7.83. The number of anilines is 1. The molecule has 0 spiro atoms. The molecule has 1 aromatic carbocycles. The van der Waals surface area contributed by atoms with Crippen LogP contribution in [0.1, 0.15) is 28.9 Å². The van der Waals surface area contributed by atoms with Gasteiger partial charge in [0.05, 0.1) is 24.9 Å². The number of oxazole rings is 1. The van der Waals surface area contributed by atoms with Gasteiger partial charge in [-0.25, -0.2) is 14.6 Å². The number of nitrogens with two attached hydrogens (primary N) is 1. The molecule has 1 amide bonds. The third-order valence-corrected chi connectivity index (χ3v) is 5.36. The molecule has 0 radical (unpaired) electrons. The number of carbonyl (C=O) groups is 1. The Morgan fingerprint density at radius 3 is 2.76 bits per heavy atom. The van der Waals surface area contributed by atoms with Crippen LogP contribution >= 0.6 is 0 Å².